The molecule has 168 valence electrons. The molecular formula is C24H30Br2N2O3. The quantitative estimate of drug-likeness (QED) is 0.432. The predicted molar refractivity (Wildman–Crippen MR) is 131 cm³/mol. The smallest absolute Gasteiger partial charge is 0.261 e. The molecule has 0 aliphatic heterocycles. The van der Waals surface area contributed by atoms with Gasteiger partial charge in [-0.15, -0.1) is 0 Å². The van der Waals surface area contributed by atoms with Crippen LogP contribution in [-0.2, 0) is 22.6 Å². The van der Waals surface area contributed by atoms with Gasteiger partial charge in [-0.05, 0) is 70.6 Å². The van der Waals surface area contributed by atoms with E-state index in [9.17, 15) is 9.59 Å². The van der Waals surface area contributed by atoms with Crippen molar-refractivity contribution in [2.45, 2.75) is 46.7 Å². The Balaban J connectivity index is 2.14. The summed E-state index contributed by atoms with van der Waals surface area (Å²) in [5, 5.41) is 2.92. The lowest BCUT2D eigenvalue weighted by atomic mass is 10.1. The van der Waals surface area contributed by atoms with Crippen LogP contribution in [0.15, 0.2) is 51.4 Å². The molecule has 0 aromatic heterocycles. The van der Waals surface area contributed by atoms with Gasteiger partial charge in [0.05, 0.1) is 4.47 Å². The zero-order chi connectivity index (χ0) is 23.0. The third-order valence-electron chi connectivity index (χ3n) is 4.87. The molecule has 7 heteroatoms. The van der Waals surface area contributed by atoms with Crippen molar-refractivity contribution in [3.63, 3.8) is 0 Å². The number of ether oxygens (including phenoxy) is 1. The van der Waals surface area contributed by atoms with Crippen LogP contribution in [0.3, 0.4) is 0 Å². The molecule has 31 heavy (non-hydrogen) atoms. The highest BCUT2D eigenvalue weighted by molar-refractivity contribution is 9.10. The molecule has 1 atom stereocenters. The van der Waals surface area contributed by atoms with Crippen LogP contribution in [0.4, 0.5) is 0 Å². The van der Waals surface area contributed by atoms with E-state index in [1.165, 1.54) is 5.56 Å². The van der Waals surface area contributed by atoms with Crippen LogP contribution < -0.4 is 10.1 Å². The third-order valence-corrected chi connectivity index (χ3v) is 6.02. The summed E-state index contributed by atoms with van der Waals surface area (Å²) in [7, 11) is 0. The summed E-state index contributed by atoms with van der Waals surface area (Å²) in [6, 6.07) is 12.9. The fraction of sp³-hybridized carbons (Fsp3) is 0.417. The first-order valence-electron chi connectivity index (χ1n) is 10.4. The average Bonchev–Trinajstić information content (AvgIpc) is 2.75. The standard InChI is InChI=1S/C24H30Br2N2O3/c1-5-18-8-11-22(21(26)12-18)31-15-23(29)28(14-19-6-9-20(25)10-7-19)17(4)24(30)27-13-16(2)3/h6-12,16-17H,5,13-15H2,1-4H3,(H,27,30). The van der Waals surface area contributed by atoms with Crippen molar-refractivity contribution in [2.24, 2.45) is 5.92 Å². The van der Waals surface area contributed by atoms with Gasteiger partial charge in [-0.1, -0.05) is 54.9 Å². The SMILES string of the molecule is CCc1ccc(OCC(=O)N(Cc2ccc(Br)cc2)C(C)C(=O)NCC(C)C)c(Br)c1. The van der Waals surface area contributed by atoms with Gasteiger partial charge in [0.15, 0.2) is 6.61 Å². The Morgan fingerprint density at radius 1 is 1.03 bits per heavy atom. The summed E-state index contributed by atoms with van der Waals surface area (Å²) in [6.07, 6.45) is 0.918. The molecule has 2 amide bonds. The molecule has 2 aromatic carbocycles. The van der Waals surface area contributed by atoms with Gasteiger partial charge in [0, 0.05) is 17.6 Å². The highest BCUT2D eigenvalue weighted by Crippen LogP contribution is 2.26. The van der Waals surface area contributed by atoms with E-state index in [1.54, 1.807) is 11.8 Å². The molecule has 0 heterocycles. The molecule has 0 aliphatic rings. The van der Waals surface area contributed by atoms with E-state index < -0.39 is 6.04 Å². The first kappa shape index (κ1) is 25.4. The second-order valence-corrected chi connectivity index (χ2v) is 9.64. The molecule has 0 aliphatic carbocycles. The van der Waals surface area contributed by atoms with Gasteiger partial charge >= 0.3 is 0 Å². The maximum atomic E-state index is 13.1. The number of benzene rings is 2. The monoisotopic (exact) mass is 552 g/mol. The van der Waals surface area contributed by atoms with Crippen LogP contribution in [0.25, 0.3) is 0 Å². The second kappa shape index (κ2) is 12.2. The first-order chi connectivity index (χ1) is 14.7. The van der Waals surface area contributed by atoms with E-state index in [0.29, 0.717) is 24.8 Å². The fourth-order valence-corrected chi connectivity index (χ4v) is 3.73. The maximum Gasteiger partial charge on any atom is 0.261 e. The zero-order valence-corrected chi connectivity index (χ0v) is 21.6. The summed E-state index contributed by atoms with van der Waals surface area (Å²) in [4.78, 5) is 27.3. The Morgan fingerprint density at radius 3 is 2.26 bits per heavy atom. The molecule has 1 N–H and O–H groups in total. The lowest BCUT2D eigenvalue weighted by Gasteiger charge is -2.29. The highest BCUT2D eigenvalue weighted by atomic mass is 79.9. The molecule has 0 bridgehead atoms. The topological polar surface area (TPSA) is 58.6 Å². The number of carbonyl (C=O) groups excluding carboxylic acids is 2. The van der Waals surface area contributed by atoms with Crippen LogP contribution in [0.2, 0.25) is 0 Å². The Hall–Kier alpha value is -1.86. The maximum absolute atomic E-state index is 13.1. The Kier molecular flexibility index (Phi) is 10.0. The van der Waals surface area contributed by atoms with Crippen molar-refractivity contribution in [2.75, 3.05) is 13.2 Å². The van der Waals surface area contributed by atoms with Gasteiger partial charge in [-0.2, -0.15) is 0 Å². The third kappa shape index (κ3) is 7.96. The van der Waals surface area contributed by atoms with Crippen LogP contribution in [-0.4, -0.2) is 35.9 Å². The minimum Gasteiger partial charge on any atom is -0.483 e. The normalized spacial score (nSPS) is 11.8. The average molecular weight is 554 g/mol. The largest absolute Gasteiger partial charge is 0.483 e. The van der Waals surface area contributed by atoms with Crippen molar-refractivity contribution in [1.29, 1.82) is 0 Å². The number of hydrogen-bond donors (Lipinski definition) is 1. The van der Waals surface area contributed by atoms with Crippen molar-refractivity contribution in [3.05, 3.63) is 62.5 Å². The number of nitrogens with zero attached hydrogens (tertiary/aromatic N) is 1. The first-order valence-corrected chi connectivity index (χ1v) is 12.0. The lowest BCUT2D eigenvalue weighted by molar-refractivity contribution is -0.142. The molecule has 1 unspecified atom stereocenters. The van der Waals surface area contributed by atoms with Gasteiger partial charge in [0.2, 0.25) is 5.91 Å². The predicted octanol–water partition coefficient (Wildman–Crippen LogP) is 5.34. The Morgan fingerprint density at radius 2 is 1.68 bits per heavy atom. The second-order valence-electron chi connectivity index (χ2n) is 7.87. The van der Waals surface area contributed by atoms with E-state index in [2.05, 4.69) is 44.1 Å². The van der Waals surface area contributed by atoms with E-state index in [0.717, 1.165) is 20.9 Å². The molecule has 0 saturated carbocycles. The minimum atomic E-state index is -0.621. The Bertz CT molecular complexity index is 885. The molecule has 0 spiro atoms. The summed E-state index contributed by atoms with van der Waals surface area (Å²) in [6.45, 7) is 8.63. The van der Waals surface area contributed by atoms with E-state index in [-0.39, 0.29) is 18.4 Å². The summed E-state index contributed by atoms with van der Waals surface area (Å²) in [5.74, 6) is 0.513. The highest BCUT2D eigenvalue weighted by Gasteiger charge is 2.26. The summed E-state index contributed by atoms with van der Waals surface area (Å²) < 4.78 is 7.55. The minimum absolute atomic E-state index is 0.150. The van der Waals surface area contributed by atoms with Crippen LogP contribution in [0, 0.1) is 5.92 Å². The Labute approximate surface area is 201 Å². The van der Waals surface area contributed by atoms with Gasteiger partial charge in [0.1, 0.15) is 11.8 Å². The number of halogens is 2. The van der Waals surface area contributed by atoms with E-state index in [1.807, 2.05) is 56.3 Å². The lowest BCUT2D eigenvalue weighted by Crippen LogP contribution is -2.49. The van der Waals surface area contributed by atoms with Gasteiger partial charge in [0.25, 0.3) is 5.91 Å². The van der Waals surface area contributed by atoms with Crippen LogP contribution in [0.5, 0.6) is 5.75 Å². The number of rotatable bonds is 10. The zero-order valence-electron chi connectivity index (χ0n) is 18.5. The van der Waals surface area contributed by atoms with Crippen molar-refractivity contribution >= 4 is 43.7 Å². The number of nitrogens with one attached hydrogen (secondary N) is 1. The molecule has 0 fully saturated rings. The van der Waals surface area contributed by atoms with Crippen LogP contribution >= 0.6 is 31.9 Å². The molecule has 2 rings (SSSR count). The van der Waals surface area contributed by atoms with Gasteiger partial charge in [-0.25, -0.2) is 0 Å². The van der Waals surface area contributed by atoms with Crippen molar-refractivity contribution in [3.8, 4) is 5.75 Å². The number of carbonyl (C=O) groups is 2. The van der Waals surface area contributed by atoms with Crippen molar-refractivity contribution in [1.82, 2.24) is 10.2 Å². The van der Waals surface area contributed by atoms with Gasteiger partial charge < -0.3 is 15.0 Å². The molecule has 5 nitrogen and oxygen atoms in total. The number of hydrogen-bond acceptors (Lipinski definition) is 3. The van der Waals surface area contributed by atoms with Gasteiger partial charge in [-0.3, -0.25) is 9.59 Å². The molecule has 0 radical (unpaired) electrons. The van der Waals surface area contributed by atoms with E-state index >= 15 is 0 Å². The molecule has 2 aromatic rings. The molecular weight excluding hydrogens is 524 g/mol. The van der Waals surface area contributed by atoms with Crippen molar-refractivity contribution < 1.29 is 14.3 Å². The molecule has 0 saturated heterocycles. The van der Waals surface area contributed by atoms with Crippen LogP contribution in [0.1, 0.15) is 38.8 Å². The number of amides is 2. The summed E-state index contributed by atoms with van der Waals surface area (Å²) >= 11 is 6.93. The fourth-order valence-electron chi connectivity index (χ4n) is 2.93. The summed E-state index contributed by atoms with van der Waals surface area (Å²) in [5.41, 5.74) is 2.12. The van der Waals surface area contributed by atoms with E-state index in [4.69, 9.17) is 4.74 Å². The number of aryl methyl sites for hydroxylation is 1.